The van der Waals surface area contributed by atoms with Crippen molar-refractivity contribution in [2.45, 2.75) is 57.9 Å². The van der Waals surface area contributed by atoms with E-state index in [1.54, 1.807) is 0 Å². The SMILES string of the molecule is CCc1ccc(CCC(=O)N2CCC(NCC3CC3)CC2)cc1. The Morgan fingerprint density at radius 3 is 2.35 bits per heavy atom. The number of hydrogen-bond donors (Lipinski definition) is 1. The number of nitrogens with one attached hydrogen (secondary N) is 1. The van der Waals surface area contributed by atoms with Crippen molar-refractivity contribution in [3.63, 3.8) is 0 Å². The van der Waals surface area contributed by atoms with Crippen LogP contribution in [0.5, 0.6) is 0 Å². The van der Waals surface area contributed by atoms with Gasteiger partial charge < -0.3 is 10.2 Å². The van der Waals surface area contributed by atoms with Crippen LogP contribution >= 0.6 is 0 Å². The summed E-state index contributed by atoms with van der Waals surface area (Å²) in [6, 6.07) is 9.31. The highest BCUT2D eigenvalue weighted by atomic mass is 16.2. The summed E-state index contributed by atoms with van der Waals surface area (Å²) in [4.78, 5) is 14.4. The second-order valence-electron chi connectivity index (χ2n) is 7.18. The summed E-state index contributed by atoms with van der Waals surface area (Å²) in [6.07, 6.45) is 7.62. The standard InChI is InChI=1S/C20H30N2O/c1-2-16-3-5-17(6-4-16)9-10-20(23)22-13-11-19(12-14-22)21-15-18-7-8-18/h3-6,18-19,21H,2,7-15H2,1H3. The van der Waals surface area contributed by atoms with Gasteiger partial charge in [0.25, 0.3) is 0 Å². The largest absolute Gasteiger partial charge is 0.343 e. The van der Waals surface area contributed by atoms with E-state index in [0.717, 1.165) is 44.7 Å². The van der Waals surface area contributed by atoms with Crippen LogP contribution in [-0.2, 0) is 17.6 Å². The molecular formula is C20H30N2O. The first-order valence-corrected chi connectivity index (χ1v) is 9.33. The smallest absolute Gasteiger partial charge is 0.222 e. The lowest BCUT2D eigenvalue weighted by molar-refractivity contribution is -0.132. The molecule has 23 heavy (non-hydrogen) atoms. The van der Waals surface area contributed by atoms with Crippen LogP contribution in [0.25, 0.3) is 0 Å². The monoisotopic (exact) mass is 314 g/mol. The normalized spacial score (nSPS) is 19.1. The molecule has 3 nitrogen and oxygen atoms in total. The molecule has 2 fully saturated rings. The molecule has 0 aromatic heterocycles. The van der Waals surface area contributed by atoms with Crippen molar-refractivity contribution in [2.75, 3.05) is 19.6 Å². The lowest BCUT2D eigenvalue weighted by Crippen LogP contribution is -2.45. The molecule has 2 aliphatic rings. The predicted octanol–water partition coefficient (Wildman–Crippen LogP) is 3.17. The quantitative estimate of drug-likeness (QED) is 0.838. The first-order chi connectivity index (χ1) is 11.2. The van der Waals surface area contributed by atoms with E-state index >= 15 is 0 Å². The molecule has 1 saturated carbocycles. The number of aryl methyl sites for hydroxylation is 2. The molecule has 3 rings (SSSR count). The number of hydrogen-bond acceptors (Lipinski definition) is 2. The van der Waals surface area contributed by atoms with Gasteiger partial charge in [0.2, 0.25) is 5.91 Å². The molecular weight excluding hydrogens is 284 g/mol. The van der Waals surface area contributed by atoms with Crippen LogP contribution in [0.3, 0.4) is 0 Å². The topological polar surface area (TPSA) is 32.3 Å². The van der Waals surface area contributed by atoms with Gasteiger partial charge in [0, 0.05) is 25.6 Å². The van der Waals surface area contributed by atoms with E-state index in [4.69, 9.17) is 0 Å². The molecule has 3 heteroatoms. The third-order valence-electron chi connectivity index (χ3n) is 5.30. The van der Waals surface area contributed by atoms with Crippen molar-refractivity contribution < 1.29 is 4.79 Å². The number of rotatable bonds is 7. The van der Waals surface area contributed by atoms with E-state index in [1.165, 1.54) is 30.5 Å². The fraction of sp³-hybridized carbons (Fsp3) is 0.650. The van der Waals surface area contributed by atoms with Gasteiger partial charge in [-0.2, -0.15) is 0 Å². The van der Waals surface area contributed by atoms with Gasteiger partial charge >= 0.3 is 0 Å². The molecule has 0 radical (unpaired) electrons. The maximum absolute atomic E-state index is 12.4. The van der Waals surface area contributed by atoms with Crippen molar-refractivity contribution in [3.8, 4) is 0 Å². The molecule has 1 N–H and O–H groups in total. The maximum Gasteiger partial charge on any atom is 0.222 e. The van der Waals surface area contributed by atoms with Gasteiger partial charge in [-0.1, -0.05) is 31.2 Å². The number of nitrogens with zero attached hydrogens (tertiary/aromatic N) is 1. The average Bonchev–Trinajstić information content (AvgIpc) is 3.43. The maximum atomic E-state index is 12.4. The molecule has 0 unspecified atom stereocenters. The third-order valence-corrected chi connectivity index (χ3v) is 5.30. The van der Waals surface area contributed by atoms with E-state index in [0.29, 0.717) is 18.4 Å². The van der Waals surface area contributed by atoms with Crippen molar-refractivity contribution >= 4 is 5.91 Å². The zero-order valence-electron chi connectivity index (χ0n) is 14.4. The van der Waals surface area contributed by atoms with Gasteiger partial charge in [-0.3, -0.25) is 4.79 Å². The molecule has 1 aliphatic carbocycles. The van der Waals surface area contributed by atoms with Crippen LogP contribution in [0.2, 0.25) is 0 Å². The number of benzene rings is 1. The molecule has 126 valence electrons. The molecule has 1 heterocycles. The van der Waals surface area contributed by atoms with Crippen LogP contribution in [0.4, 0.5) is 0 Å². The lowest BCUT2D eigenvalue weighted by Gasteiger charge is -2.32. The summed E-state index contributed by atoms with van der Waals surface area (Å²) in [5.41, 5.74) is 2.64. The van der Waals surface area contributed by atoms with Gasteiger partial charge in [0.15, 0.2) is 0 Å². The van der Waals surface area contributed by atoms with Crippen molar-refractivity contribution in [1.82, 2.24) is 10.2 Å². The molecule has 1 aliphatic heterocycles. The first-order valence-electron chi connectivity index (χ1n) is 9.33. The number of piperidine rings is 1. The minimum absolute atomic E-state index is 0.324. The second kappa shape index (κ2) is 7.96. The Morgan fingerprint density at radius 2 is 1.74 bits per heavy atom. The van der Waals surface area contributed by atoms with Crippen molar-refractivity contribution in [2.24, 2.45) is 5.92 Å². The number of likely N-dealkylation sites (tertiary alicyclic amines) is 1. The molecule has 1 saturated heterocycles. The van der Waals surface area contributed by atoms with E-state index < -0.39 is 0 Å². The zero-order chi connectivity index (χ0) is 16.1. The van der Waals surface area contributed by atoms with Gasteiger partial charge in [0.1, 0.15) is 0 Å². The molecule has 0 atom stereocenters. The number of carbonyl (C=O) groups is 1. The molecule has 0 spiro atoms. The Hall–Kier alpha value is -1.35. The molecule has 1 amide bonds. The fourth-order valence-corrected chi connectivity index (χ4v) is 3.34. The highest BCUT2D eigenvalue weighted by molar-refractivity contribution is 5.76. The van der Waals surface area contributed by atoms with Crippen LogP contribution in [0.15, 0.2) is 24.3 Å². The summed E-state index contributed by atoms with van der Waals surface area (Å²) in [6.45, 7) is 5.21. The summed E-state index contributed by atoms with van der Waals surface area (Å²) in [5, 5.41) is 3.67. The van der Waals surface area contributed by atoms with Crippen LogP contribution < -0.4 is 5.32 Å². The fourth-order valence-electron chi connectivity index (χ4n) is 3.34. The third kappa shape index (κ3) is 5.07. The molecule has 1 aromatic carbocycles. The summed E-state index contributed by atoms with van der Waals surface area (Å²) in [5.74, 6) is 1.26. The van der Waals surface area contributed by atoms with E-state index in [2.05, 4.69) is 41.4 Å². The highest BCUT2D eigenvalue weighted by Crippen LogP contribution is 2.28. The van der Waals surface area contributed by atoms with Gasteiger partial charge in [0.05, 0.1) is 0 Å². The van der Waals surface area contributed by atoms with Crippen LogP contribution in [0, 0.1) is 5.92 Å². The summed E-state index contributed by atoms with van der Waals surface area (Å²) >= 11 is 0. The Bertz CT molecular complexity index is 499. The first kappa shape index (κ1) is 16.5. The van der Waals surface area contributed by atoms with Crippen LogP contribution in [-0.4, -0.2) is 36.5 Å². The van der Waals surface area contributed by atoms with Crippen molar-refractivity contribution in [1.29, 1.82) is 0 Å². The minimum atomic E-state index is 0.324. The molecule has 1 aromatic rings. The van der Waals surface area contributed by atoms with E-state index in [1.807, 2.05) is 0 Å². The number of amides is 1. The van der Waals surface area contributed by atoms with Crippen LogP contribution in [0.1, 0.15) is 50.2 Å². The summed E-state index contributed by atoms with van der Waals surface area (Å²) < 4.78 is 0. The Labute approximate surface area is 140 Å². The predicted molar refractivity (Wildman–Crippen MR) is 94.5 cm³/mol. The van der Waals surface area contributed by atoms with Gasteiger partial charge in [-0.25, -0.2) is 0 Å². The Morgan fingerprint density at radius 1 is 1.09 bits per heavy atom. The minimum Gasteiger partial charge on any atom is -0.343 e. The van der Waals surface area contributed by atoms with Gasteiger partial charge in [-0.15, -0.1) is 0 Å². The zero-order valence-corrected chi connectivity index (χ0v) is 14.4. The van der Waals surface area contributed by atoms with E-state index in [9.17, 15) is 4.79 Å². The van der Waals surface area contributed by atoms with Crippen molar-refractivity contribution in [3.05, 3.63) is 35.4 Å². The Kier molecular flexibility index (Phi) is 5.71. The van der Waals surface area contributed by atoms with Gasteiger partial charge in [-0.05, 0) is 62.1 Å². The summed E-state index contributed by atoms with van der Waals surface area (Å²) in [7, 11) is 0. The molecule has 0 bridgehead atoms. The van der Waals surface area contributed by atoms with E-state index in [-0.39, 0.29) is 0 Å². The number of carbonyl (C=O) groups excluding carboxylic acids is 1. The average molecular weight is 314 g/mol. The second-order valence-corrected chi connectivity index (χ2v) is 7.18. The Balaban J connectivity index is 1.36. The highest BCUT2D eigenvalue weighted by Gasteiger charge is 2.25. The lowest BCUT2D eigenvalue weighted by atomic mass is 10.0.